The highest BCUT2D eigenvalue weighted by Gasteiger charge is 2.33. The van der Waals surface area contributed by atoms with Crippen LogP contribution in [0, 0.1) is 17.7 Å². The van der Waals surface area contributed by atoms with Crippen molar-refractivity contribution >= 4 is 11.6 Å². The molecular weight excluding hydrogens is 347 g/mol. The van der Waals surface area contributed by atoms with Gasteiger partial charge in [0.2, 0.25) is 0 Å². The van der Waals surface area contributed by atoms with E-state index in [9.17, 15) is 4.39 Å². The van der Waals surface area contributed by atoms with Crippen LogP contribution in [0.3, 0.4) is 0 Å². The molecule has 2 aliphatic heterocycles. The predicted molar refractivity (Wildman–Crippen MR) is 92.9 cm³/mol. The summed E-state index contributed by atoms with van der Waals surface area (Å²) in [7, 11) is 0. The van der Waals surface area contributed by atoms with Crippen LogP contribution in [0.2, 0.25) is 5.02 Å². The van der Waals surface area contributed by atoms with E-state index < -0.39 is 5.82 Å². The lowest BCUT2D eigenvalue weighted by atomic mass is 10.1. The van der Waals surface area contributed by atoms with Gasteiger partial charge in [0.05, 0.1) is 37.4 Å². The van der Waals surface area contributed by atoms with E-state index in [0.29, 0.717) is 45.2 Å². The molecule has 25 heavy (non-hydrogen) atoms. The van der Waals surface area contributed by atoms with E-state index in [1.807, 2.05) is 19.1 Å². The Morgan fingerprint density at radius 3 is 2.48 bits per heavy atom. The summed E-state index contributed by atoms with van der Waals surface area (Å²) in [5.41, 5.74) is 0.880. The Hall–Kier alpha value is -0.980. The van der Waals surface area contributed by atoms with Gasteiger partial charge in [-0.05, 0) is 31.0 Å². The van der Waals surface area contributed by atoms with Gasteiger partial charge in [-0.2, -0.15) is 0 Å². The topological polar surface area (TPSA) is 36.9 Å². The van der Waals surface area contributed by atoms with Gasteiger partial charge in [-0.25, -0.2) is 4.39 Å². The van der Waals surface area contributed by atoms with Gasteiger partial charge in [-0.1, -0.05) is 29.8 Å². The quantitative estimate of drug-likeness (QED) is 0.735. The maximum Gasteiger partial charge on any atom is 0.164 e. The third kappa shape index (κ3) is 5.25. The van der Waals surface area contributed by atoms with Crippen LogP contribution in [0.4, 0.5) is 4.39 Å². The first-order valence-electron chi connectivity index (χ1n) is 8.69. The van der Waals surface area contributed by atoms with E-state index in [1.54, 1.807) is 6.07 Å². The monoisotopic (exact) mass is 370 g/mol. The Morgan fingerprint density at radius 1 is 1.12 bits per heavy atom. The summed E-state index contributed by atoms with van der Waals surface area (Å²) in [6, 6.07) is 4.85. The van der Waals surface area contributed by atoms with Crippen molar-refractivity contribution in [2.24, 2.45) is 11.8 Å². The van der Waals surface area contributed by atoms with Gasteiger partial charge < -0.3 is 18.9 Å². The van der Waals surface area contributed by atoms with Crippen molar-refractivity contribution in [2.45, 2.75) is 32.3 Å². The number of hydrogen-bond acceptors (Lipinski definition) is 4. The second-order valence-electron chi connectivity index (χ2n) is 6.46. The van der Waals surface area contributed by atoms with E-state index in [4.69, 9.17) is 30.5 Å². The van der Waals surface area contributed by atoms with Crippen LogP contribution in [0.25, 0.3) is 0 Å². The molecule has 4 nitrogen and oxygen atoms in total. The fourth-order valence-electron chi connectivity index (χ4n) is 3.05. The number of ether oxygens (including phenoxy) is 4. The van der Waals surface area contributed by atoms with Gasteiger partial charge >= 0.3 is 0 Å². The first-order valence-corrected chi connectivity index (χ1v) is 9.06. The molecule has 0 aromatic heterocycles. The second kappa shape index (κ2) is 9.10. The first-order chi connectivity index (χ1) is 12.2. The Bertz CT molecular complexity index is 579. The van der Waals surface area contributed by atoms with E-state index in [-0.39, 0.29) is 23.5 Å². The summed E-state index contributed by atoms with van der Waals surface area (Å²) in [4.78, 5) is 0. The molecule has 6 heteroatoms. The minimum absolute atomic E-state index is 0.0794. The van der Waals surface area contributed by atoms with Crippen molar-refractivity contribution in [3.63, 3.8) is 0 Å². The molecule has 1 aromatic carbocycles. The van der Waals surface area contributed by atoms with Crippen molar-refractivity contribution in [2.75, 3.05) is 26.4 Å². The highest BCUT2D eigenvalue weighted by Crippen LogP contribution is 2.25. The molecule has 3 rings (SSSR count). The normalized spacial score (nSPS) is 30.7. The zero-order chi connectivity index (χ0) is 17.6. The van der Waals surface area contributed by atoms with Crippen LogP contribution in [-0.4, -0.2) is 39.0 Å². The number of benzene rings is 1. The van der Waals surface area contributed by atoms with Crippen LogP contribution < -0.4 is 0 Å². The smallest absolute Gasteiger partial charge is 0.164 e. The molecule has 0 radical (unpaired) electrons. The minimum atomic E-state index is -0.396. The lowest BCUT2D eigenvalue weighted by Crippen LogP contribution is -2.44. The van der Waals surface area contributed by atoms with Gasteiger partial charge in [0.15, 0.2) is 12.6 Å². The molecule has 0 atom stereocenters. The van der Waals surface area contributed by atoms with Crippen LogP contribution in [0.15, 0.2) is 30.4 Å². The van der Waals surface area contributed by atoms with Gasteiger partial charge in [-0.3, -0.25) is 0 Å². The average molecular weight is 371 g/mol. The molecule has 2 fully saturated rings. The molecule has 2 heterocycles. The van der Waals surface area contributed by atoms with E-state index in [0.717, 1.165) is 5.56 Å². The zero-order valence-corrected chi connectivity index (χ0v) is 15.1. The largest absolute Gasteiger partial charge is 0.352 e. The fourth-order valence-corrected chi connectivity index (χ4v) is 3.17. The van der Waals surface area contributed by atoms with Crippen molar-refractivity contribution in [3.8, 4) is 0 Å². The van der Waals surface area contributed by atoms with E-state index in [2.05, 4.69) is 6.08 Å². The summed E-state index contributed by atoms with van der Waals surface area (Å²) in [5, 5.41) is 0.140. The third-order valence-electron chi connectivity index (χ3n) is 4.44. The molecular formula is C19H24ClFO4. The molecule has 0 N–H and O–H groups in total. The molecule has 2 aliphatic rings. The second-order valence-corrected chi connectivity index (χ2v) is 6.87. The summed E-state index contributed by atoms with van der Waals surface area (Å²) in [6.07, 6.45) is 4.90. The predicted octanol–water partition coefficient (Wildman–Crippen LogP) is 3.97. The molecule has 138 valence electrons. The van der Waals surface area contributed by atoms with Crippen molar-refractivity contribution in [1.82, 2.24) is 0 Å². The highest BCUT2D eigenvalue weighted by atomic mass is 35.5. The van der Waals surface area contributed by atoms with E-state index >= 15 is 0 Å². The summed E-state index contributed by atoms with van der Waals surface area (Å²) in [6.45, 7) is 4.40. The van der Waals surface area contributed by atoms with Crippen molar-refractivity contribution < 1.29 is 23.3 Å². The number of hydrogen-bond donors (Lipinski definition) is 0. The Balaban J connectivity index is 1.39. The molecule has 0 bridgehead atoms. The molecule has 0 unspecified atom stereocenters. The fraction of sp³-hybridized carbons (Fsp3) is 0.579. The summed E-state index contributed by atoms with van der Waals surface area (Å²) in [5.74, 6) is 0.00232. The number of halogens is 2. The number of allylic oxidation sites excluding steroid dienone is 1. The molecule has 0 saturated carbocycles. The average Bonchev–Trinajstić information content (AvgIpc) is 2.64. The lowest BCUT2D eigenvalue weighted by molar-refractivity contribution is -0.278. The Labute approximate surface area is 152 Å². The Kier molecular flexibility index (Phi) is 6.84. The maximum atomic E-state index is 13.5. The van der Waals surface area contributed by atoms with Gasteiger partial charge in [0.1, 0.15) is 5.82 Å². The molecule has 2 saturated heterocycles. The number of rotatable bonds is 5. The van der Waals surface area contributed by atoms with Gasteiger partial charge in [0, 0.05) is 12.3 Å². The van der Waals surface area contributed by atoms with Crippen LogP contribution in [-0.2, 0) is 25.4 Å². The summed E-state index contributed by atoms with van der Waals surface area (Å²) >= 11 is 5.69. The van der Waals surface area contributed by atoms with Gasteiger partial charge in [-0.15, -0.1) is 0 Å². The third-order valence-corrected chi connectivity index (χ3v) is 4.75. The molecule has 0 amide bonds. The molecule has 0 spiro atoms. The van der Waals surface area contributed by atoms with E-state index in [1.165, 1.54) is 6.07 Å². The SMILES string of the molecule is CC=CC1COC(C2COC(CCc3ccc(Cl)c(F)c3)OC2)OC1. The molecule has 0 aliphatic carbocycles. The van der Waals surface area contributed by atoms with Crippen LogP contribution in [0.5, 0.6) is 0 Å². The standard InChI is InChI=1S/C19H24ClFO4/c1-2-3-14-9-24-19(25-10-14)15-11-22-18(23-12-15)7-5-13-4-6-16(20)17(21)8-13/h2-4,6,8,14-15,18-19H,5,7,9-12H2,1H3. The zero-order valence-electron chi connectivity index (χ0n) is 14.3. The number of aryl methyl sites for hydroxylation is 1. The maximum absolute atomic E-state index is 13.5. The van der Waals surface area contributed by atoms with Crippen molar-refractivity contribution in [1.29, 1.82) is 0 Å². The Morgan fingerprint density at radius 2 is 1.84 bits per heavy atom. The minimum Gasteiger partial charge on any atom is -0.352 e. The van der Waals surface area contributed by atoms with Crippen molar-refractivity contribution in [3.05, 3.63) is 46.8 Å². The summed E-state index contributed by atoms with van der Waals surface area (Å²) < 4.78 is 36.6. The van der Waals surface area contributed by atoms with Gasteiger partial charge in [0.25, 0.3) is 0 Å². The molecule has 1 aromatic rings. The van der Waals surface area contributed by atoms with Crippen LogP contribution in [0.1, 0.15) is 18.9 Å². The lowest BCUT2D eigenvalue weighted by Gasteiger charge is -2.37. The highest BCUT2D eigenvalue weighted by molar-refractivity contribution is 6.30. The van der Waals surface area contributed by atoms with Crippen LogP contribution >= 0.6 is 11.6 Å². The first kappa shape index (κ1) is 18.8.